The van der Waals surface area contributed by atoms with Crippen LogP contribution in [0.15, 0.2) is 54.7 Å². The molecule has 1 aromatic heterocycles. The Balaban J connectivity index is 1.71. The van der Waals surface area contributed by atoms with Crippen LogP contribution in [0.3, 0.4) is 0 Å². The Hall–Kier alpha value is -2.82. The van der Waals surface area contributed by atoms with Crippen LogP contribution in [0.5, 0.6) is 5.75 Å². The molecule has 0 fully saturated rings. The van der Waals surface area contributed by atoms with Crippen LogP contribution < -0.4 is 4.74 Å². The third-order valence-corrected chi connectivity index (χ3v) is 3.23. The predicted octanol–water partition coefficient (Wildman–Crippen LogP) is 2.81. The molecule has 21 heavy (non-hydrogen) atoms. The van der Waals surface area contributed by atoms with Gasteiger partial charge in [-0.25, -0.2) is 4.79 Å². The number of carboxylic acids is 1. The minimum atomic E-state index is -0.991. The quantitative estimate of drug-likeness (QED) is 0.781. The number of rotatable bonds is 5. The molecule has 0 unspecified atom stereocenters. The number of benzene rings is 2. The van der Waals surface area contributed by atoms with Crippen LogP contribution in [0.4, 0.5) is 0 Å². The van der Waals surface area contributed by atoms with Crippen molar-refractivity contribution < 1.29 is 14.6 Å². The van der Waals surface area contributed by atoms with Gasteiger partial charge in [-0.05, 0) is 18.2 Å². The van der Waals surface area contributed by atoms with Gasteiger partial charge in [0.1, 0.15) is 17.9 Å². The number of nitrogens with zero attached hydrogens (tertiary/aromatic N) is 2. The first-order valence-corrected chi connectivity index (χ1v) is 6.61. The molecule has 0 spiro atoms. The first-order chi connectivity index (χ1) is 10.3. The maximum atomic E-state index is 11.1. The van der Waals surface area contributed by atoms with Crippen LogP contribution in [-0.2, 0) is 6.54 Å². The summed E-state index contributed by atoms with van der Waals surface area (Å²) in [5.74, 6) is -0.614. The summed E-state index contributed by atoms with van der Waals surface area (Å²) in [6, 6.07) is 14.5. The maximum absolute atomic E-state index is 11.1. The summed E-state index contributed by atoms with van der Waals surface area (Å²) >= 11 is 0. The number of carboxylic acid groups (broad SMARTS) is 1. The summed E-state index contributed by atoms with van der Waals surface area (Å²) in [4.78, 5) is 11.1. The number of aromatic nitrogens is 2. The molecule has 0 aliphatic rings. The van der Waals surface area contributed by atoms with Gasteiger partial charge in [0.2, 0.25) is 0 Å². The zero-order valence-electron chi connectivity index (χ0n) is 11.3. The summed E-state index contributed by atoms with van der Waals surface area (Å²) in [6.45, 7) is 0.914. The van der Waals surface area contributed by atoms with Crippen LogP contribution in [-0.4, -0.2) is 27.5 Å². The van der Waals surface area contributed by atoms with Gasteiger partial charge < -0.3 is 9.84 Å². The largest absolute Gasteiger partial charge is 0.491 e. The van der Waals surface area contributed by atoms with E-state index in [4.69, 9.17) is 9.84 Å². The molecule has 1 heterocycles. The third kappa shape index (κ3) is 2.72. The Morgan fingerprint density at radius 1 is 1.14 bits per heavy atom. The van der Waals surface area contributed by atoms with Crippen LogP contribution in [0.1, 0.15) is 10.4 Å². The molecular formula is C16H14N2O3. The van der Waals surface area contributed by atoms with Crippen molar-refractivity contribution >= 4 is 16.9 Å². The van der Waals surface area contributed by atoms with Gasteiger partial charge in [-0.2, -0.15) is 5.10 Å². The molecule has 0 atom stereocenters. The number of aromatic carboxylic acids is 1. The molecule has 0 aliphatic heterocycles. The van der Waals surface area contributed by atoms with Crippen molar-refractivity contribution in [2.75, 3.05) is 6.61 Å². The molecule has 106 valence electrons. The topological polar surface area (TPSA) is 64.3 Å². The average Bonchev–Trinajstić information content (AvgIpc) is 2.91. The highest BCUT2D eigenvalue weighted by Crippen LogP contribution is 2.18. The van der Waals surface area contributed by atoms with E-state index < -0.39 is 5.97 Å². The average molecular weight is 282 g/mol. The molecule has 0 saturated heterocycles. The fraction of sp³-hybridized carbons (Fsp3) is 0.125. The van der Waals surface area contributed by atoms with Crippen molar-refractivity contribution in [3.8, 4) is 5.75 Å². The molecule has 3 rings (SSSR count). The van der Waals surface area contributed by atoms with E-state index in [1.165, 1.54) is 6.07 Å². The van der Waals surface area contributed by atoms with E-state index in [0.717, 1.165) is 10.9 Å². The smallest absolute Gasteiger partial charge is 0.339 e. The molecule has 0 amide bonds. The minimum absolute atomic E-state index is 0.169. The second kappa shape index (κ2) is 5.66. The first-order valence-electron chi connectivity index (χ1n) is 6.61. The van der Waals surface area contributed by atoms with Gasteiger partial charge in [-0.15, -0.1) is 0 Å². The fourth-order valence-corrected chi connectivity index (χ4v) is 2.22. The molecule has 0 aliphatic carbocycles. The maximum Gasteiger partial charge on any atom is 0.339 e. The molecule has 3 aromatic rings. The van der Waals surface area contributed by atoms with Crippen molar-refractivity contribution in [2.24, 2.45) is 0 Å². The second-order valence-electron chi connectivity index (χ2n) is 4.58. The molecule has 0 bridgehead atoms. The van der Waals surface area contributed by atoms with E-state index in [-0.39, 0.29) is 5.56 Å². The lowest BCUT2D eigenvalue weighted by Crippen LogP contribution is -2.11. The summed E-state index contributed by atoms with van der Waals surface area (Å²) in [5, 5.41) is 14.5. The van der Waals surface area contributed by atoms with E-state index in [9.17, 15) is 4.79 Å². The van der Waals surface area contributed by atoms with Gasteiger partial charge in [-0.1, -0.05) is 30.3 Å². The standard InChI is InChI=1S/C16H14N2O3/c19-16(20)13-6-2-4-8-15(13)21-10-9-18-14-7-3-1-5-12(14)11-17-18/h1-8,11H,9-10H2,(H,19,20). The number of hydrogen-bond acceptors (Lipinski definition) is 3. The lowest BCUT2D eigenvalue weighted by molar-refractivity contribution is 0.0692. The Bertz CT molecular complexity index is 780. The third-order valence-electron chi connectivity index (χ3n) is 3.23. The van der Waals surface area contributed by atoms with Crippen molar-refractivity contribution in [3.63, 3.8) is 0 Å². The Morgan fingerprint density at radius 3 is 2.76 bits per heavy atom. The monoisotopic (exact) mass is 282 g/mol. The SMILES string of the molecule is O=C(O)c1ccccc1OCCn1ncc2ccccc21. The van der Waals surface area contributed by atoms with E-state index in [2.05, 4.69) is 5.10 Å². The number of para-hydroxylation sites is 2. The zero-order chi connectivity index (χ0) is 14.7. The highest BCUT2D eigenvalue weighted by molar-refractivity contribution is 5.90. The fourth-order valence-electron chi connectivity index (χ4n) is 2.22. The van der Waals surface area contributed by atoms with Crippen LogP contribution in [0.2, 0.25) is 0 Å². The van der Waals surface area contributed by atoms with Crippen molar-refractivity contribution in [2.45, 2.75) is 6.54 Å². The van der Waals surface area contributed by atoms with Gasteiger partial charge in [-0.3, -0.25) is 4.68 Å². The Morgan fingerprint density at radius 2 is 1.90 bits per heavy atom. The summed E-state index contributed by atoms with van der Waals surface area (Å²) in [6.07, 6.45) is 1.81. The highest BCUT2D eigenvalue weighted by Gasteiger charge is 2.10. The van der Waals surface area contributed by atoms with Crippen molar-refractivity contribution in [1.29, 1.82) is 0 Å². The van der Waals surface area contributed by atoms with E-state index in [1.54, 1.807) is 24.4 Å². The number of hydrogen-bond donors (Lipinski definition) is 1. The first kappa shape index (κ1) is 13.2. The van der Waals surface area contributed by atoms with Crippen molar-refractivity contribution in [3.05, 3.63) is 60.3 Å². The molecule has 5 nitrogen and oxygen atoms in total. The summed E-state index contributed by atoms with van der Waals surface area (Å²) < 4.78 is 7.42. The van der Waals surface area contributed by atoms with Crippen LogP contribution >= 0.6 is 0 Å². The van der Waals surface area contributed by atoms with Crippen LogP contribution in [0, 0.1) is 0 Å². The molecule has 0 radical (unpaired) electrons. The van der Waals surface area contributed by atoms with E-state index >= 15 is 0 Å². The molecular weight excluding hydrogens is 268 g/mol. The summed E-state index contributed by atoms with van der Waals surface area (Å²) in [5.41, 5.74) is 1.20. The molecule has 1 N–H and O–H groups in total. The lowest BCUT2D eigenvalue weighted by atomic mass is 10.2. The second-order valence-corrected chi connectivity index (χ2v) is 4.58. The Labute approximate surface area is 121 Å². The zero-order valence-corrected chi connectivity index (χ0v) is 11.3. The number of fused-ring (bicyclic) bond motifs is 1. The molecule has 2 aromatic carbocycles. The van der Waals surface area contributed by atoms with Gasteiger partial charge in [0.15, 0.2) is 0 Å². The summed E-state index contributed by atoms with van der Waals surface area (Å²) in [7, 11) is 0. The van der Waals surface area contributed by atoms with E-state index in [1.807, 2.05) is 28.9 Å². The molecule has 5 heteroatoms. The van der Waals surface area contributed by atoms with Gasteiger partial charge in [0, 0.05) is 5.39 Å². The van der Waals surface area contributed by atoms with E-state index in [0.29, 0.717) is 18.9 Å². The highest BCUT2D eigenvalue weighted by atomic mass is 16.5. The Kier molecular flexibility index (Phi) is 3.55. The van der Waals surface area contributed by atoms with Crippen LogP contribution in [0.25, 0.3) is 10.9 Å². The number of carbonyl (C=O) groups is 1. The van der Waals surface area contributed by atoms with Gasteiger partial charge in [0.25, 0.3) is 0 Å². The lowest BCUT2D eigenvalue weighted by Gasteiger charge is -2.09. The molecule has 0 saturated carbocycles. The van der Waals surface area contributed by atoms with Crippen molar-refractivity contribution in [1.82, 2.24) is 9.78 Å². The minimum Gasteiger partial charge on any atom is -0.491 e. The number of ether oxygens (including phenoxy) is 1. The normalized spacial score (nSPS) is 10.7. The predicted molar refractivity (Wildman–Crippen MR) is 78.6 cm³/mol. The van der Waals surface area contributed by atoms with Gasteiger partial charge >= 0.3 is 5.97 Å². The van der Waals surface area contributed by atoms with Gasteiger partial charge in [0.05, 0.1) is 18.3 Å².